The van der Waals surface area contributed by atoms with Crippen LogP contribution in [0.4, 0.5) is 0 Å². The smallest absolute Gasteiger partial charge is 0.193 e. The highest BCUT2D eigenvalue weighted by molar-refractivity contribution is 8.00. The van der Waals surface area contributed by atoms with Gasteiger partial charge in [-0.3, -0.25) is 4.99 Å². The van der Waals surface area contributed by atoms with Gasteiger partial charge in [-0.25, -0.2) is 0 Å². The Hall–Kier alpha value is -0.460. The Labute approximate surface area is 164 Å². The molecule has 0 aromatic carbocycles. The molecule has 3 aliphatic rings. The van der Waals surface area contributed by atoms with Crippen LogP contribution in [0.5, 0.6) is 0 Å². The van der Waals surface area contributed by atoms with Crippen molar-refractivity contribution < 1.29 is 4.74 Å². The lowest BCUT2D eigenvalue weighted by atomic mass is 9.87. The van der Waals surface area contributed by atoms with Gasteiger partial charge in [0.25, 0.3) is 0 Å². The van der Waals surface area contributed by atoms with E-state index in [1.807, 2.05) is 7.05 Å². The van der Waals surface area contributed by atoms with Gasteiger partial charge in [0.05, 0.1) is 6.61 Å². The predicted molar refractivity (Wildman–Crippen MR) is 112 cm³/mol. The lowest BCUT2D eigenvalue weighted by molar-refractivity contribution is 0.120. The molecule has 0 unspecified atom stereocenters. The first-order valence-corrected chi connectivity index (χ1v) is 11.5. The number of ether oxygens (including phenoxy) is 1. The molecule has 0 amide bonds. The summed E-state index contributed by atoms with van der Waals surface area (Å²) < 4.78 is 5.70. The molecule has 150 valence electrons. The van der Waals surface area contributed by atoms with E-state index in [1.165, 1.54) is 70.3 Å². The number of nitrogens with one attached hydrogen (secondary N) is 1. The zero-order chi connectivity index (χ0) is 18.2. The Morgan fingerprint density at radius 2 is 1.96 bits per heavy atom. The predicted octanol–water partition coefficient (Wildman–Crippen LogP) is 2.67. The molecule has 1 spiro atoms. The van der Waals surface area contributed by atoms with E-state index in [-0.39, 0.29) is 0 Å². The molecule has 26 heavy (non-hydrogen) atoms. The molecule has 1 saturated carbocycles. The summed E-state index contributed by atoms with van der Waals surface area (Å²) in [4.78, 5) is 9.69. The van der Waals surface area contributed by atoms with Gasteiger partial charge in [-0.05, 0) is 44.7 Å². The summed E-state index contributed by atoms with van der Waals surface area (Å²) in [6, 6.07) is 0. The van der Waals surface area contributed by atoms with Crippen LogP contribution in [-0.2, 0) is 4.74 Å². The standard InChI is InChI=1S/C20H38N4OS/c1-21-19(22-16-18-6-10-23(11-7-18)12-14-25-2)24-13-15-26-20(17-24)8-4-3-5-9-20/h18H,3-17H2,1-2H3,(H,21,22). The molecule has 0 aromatic rings. The fraction of sp³-hybridized carbons (Fsp3) is 0.950. The van der Waals surface area contributed by atoms with Gasteiger partial charge in [0.2, 0.25) is 0 Å². The zero-order valence-electron chi connectivity index (χ0n) is 16.8. The van der Waals surface area contributed by atoms with Crippen LogP contribution in [0.25, 0.3) is 0 Å². The van der Waals surface area contributed by atoms with Crippen molar-refractivity contribution in [1.29, 1.82) is 0 Å². The van der Waals surface area contributed by atoms with E-state index in [4.69, 9.17) is 4.74 Å². The van der Waals surface area contributed by atoms with E-state index in [2.05, 4.69) is 31.9 Å². The van der Waals surface area contributed by atoms with Crippen LogP contribution in [0.15, 0.2) is 4.99 Å². The van der Waals surface area contributed by atoms with Gasteiger partial charge in [0.15, 0.2) is 5.96 Å². The highest BCUT2D eigenvalue weighted by atomic mass is 32.2. The van der Waals surface area contributed by atoms with Gasteiger partial charge in [-0.1, -0.05) is 19.3 Å². The number of methoxy groups -OCH3 is 1. The molecular weight excluding hydrogens is 344 g/mol. The summed E-state index contributed by atoms with van der Waals surface area (Å²) in [5.74, 6) is 3.16. The summed E-state index contributed by atoms with van der Waals surface area (Å²) in [6.45, 7) is 7.74. The fourth-order valence-corrected chi connectivity index (χ4v) is 6.30. The molecule has 2 saturated heterocycles. The van der Waals surface area contributed by atoms with E-state index >= 15 is 0 Å². The largest absolute Gasteiger partial charge is 0.383 e. The third-order valence-corrected chi connectivity index (χ3v) is 7.93. The van der Waals surface area contributed by atoms with Crippen molar-refractivity contribution in [3.8, 4) is 0 Å². The number of hydrogen-bond donors (Lipinski definition) is 1. The topological polar surface area (TPSA) is 40.1 Å². The van der Waals surface area contributed by atoms with Crippen molar-refractivity contribution in [1.82, 2.24) is 15.1 Å². The van der Waals surface area contributed by atoms with Crippen LogP contribution >= 0.6 is 11.8 Å². The second-order valence-electron chi connectivity index (χ2n) is 8.22. The summed E-state index contributed by atoms with van der Waals surface area (Å²) in [7, 11) is 3.74. The van der Waals surface area contributed by atoms with Crippen LogP contribution in [0.1, 0.15) is 44.9 Å². The molecule has 6 heteroatoms. The summed E-state index contributed by atoms with van der Waals surface area (Å²) >= 11 is 2.23. The minimum Gasteiger partial charge on any atom is -0.383 e. The number of likely N-dealkylation sites (tertiary alicyclic amines) is 1. The number of thioether (sulfide) groups is 1. The van der Waals surface area contributed by atoms with E-state index in [0.717, 1.165) is 38.1 Å². The van der Waals surface area contributed by atoms with E-state index in [1.54, 1.807) is 7.11 Å². The Morgan fingerprint density at radius 3 is 2.65 bits per heavy atom. The van der Waals surface area contributed by atoms with Gasteiger partial charge in [-0.15, -0.1) is 0 Å². The lowest BCUT2D eigenvalue weighted by Crippen LogP contribution is -2.54. The van der Waals surface area contributed by atoms with E-state index < -0.39 is 0 Å². The summed E-state index contributed by atoms with van der Waals surface area (Å²) in [5.41, 5.74) is 0. The van der Waals surface area contributed by atoms with Gasteiger partial charge in [0, 0.05) is 50.8 Å². The zero-order valence-corrected chi connectivity index (χ0v) is 17.7. The number of hydrogen-bond acceptors (Lipinski definition) is 4. The van der Waals surface area contributed by atoms with Gasteiger partial charge >= 0.3 is 0 Å². The monoisotopic (exact) mass is 382 g/mol. The average Bonchev–Trinajstić information content (AvgIpc) is 2.68. The SMILES string of the molecule is CN=C(NCC1CCN(CCOC)CC1)N1CCSC2(CCCCC2)C1. The molecular formula is C20H38N4OS. The van der Waals surface area contributed by atoms with Crippen LogP contribution < -0.4 is 5.32 Å². The minimum absolute atomic E-state index is 0.501. The first-order chi connectivity index (χ1) is 12.7. The van der Waals surface area contributed by atoms with Crippen LogP contribution in [0.2, 0.25) is 0 Å². The Kier molecular flexibility index (Phi) is 7.94. The second-order valence-corrected chi connectivity index (χ2v) is 9.78. The van der Waals surface area contributed by atoms with E-state index in [0.29, 0.717) is 4.75 Å². The highest BCUT2D eigenvalue weighted by Crippen LogP contribution is 2.42. The van der Waals surface area contributed by atoms with Crippen molar-refractivity contribution in [2.24, 2.45) is 10.9 Å². The van der Waals surface area contributed by atoms with Crippen molar-refractivity contribution in [2.45, 2.75) is 49.7 Å². The molecule has 0 radical (unpaired) electrons. The second kappa shape index (κ2) is 10.2. The fourth-order valence-electron chi connectivity index (χ4n) is 4.73. The van der Waals surface area contributed by atoms with E-state index in [9.17, 15) is 0 Å². The molecule has 2 aliphatic heterocycles. The molecule has 0 aromatic heterocycles. The number of piperidine rings is 1. The Bertz CT molecular complexity index is 440. The van der Waals surface area contributed by atoms with Crippen LogP contribution in [0.3, 0.4) is 0 Å². The molecule has 5 nitrogen and oxygen atoms in total. The first kappa shape index (κ1) is 20.3. The first-order valence-electron chi connectivity index (χ1n) is 10.6. The van der Waals surface area contributed by atoms with Gasteiger partial charge in [0.1, 0.15) is 0 Å². The lowest BCUT2D eigenvalue weighted by Gasteiger charge is -2.45. The van der Waals surface area contributed by atoms with Crippen molar-refractivity contribution in [3.63, 3.8) is 0 Å². The van der Waals surface area contributed by atoms with Crippen molar-refractivity contribution in [2.75, 3.05) is 65.8 Å². The number of rotatable bonds is 5. The summed E-state index contributed by atoms with van der Waals surface area (Å²) in [6.07, 6.45) is 9.61. The van der Waals surface area contributed by atoms with Crippen molar-refractivity contribution >= 4 is 17.7 Å². The molecule has 3 rings (SSSR count). The number of aliphatic imine (C=N–C) groups is 1. The van der Waals surface area contributed by atoms with Gasteiger partial charge < -0.3 is 19.9 Å². The molecule has 2 heterocycles. The maximum Gasteiger partial charge on any atom is 0.193 e. The molecule has 1 aliphatic carbocycles. The maximum atomic E-state index is 5.20. The highest BCUT2D eigenvalue weighted by Gasteiger charge is 2.38. The van der Waals surface area contributed by atoms with Crippen molar-refractivity contribution in [3.05, 3.63) is 0 Å². The molecule has 1 N–H and O–H groups in total. The Morgan fingerprint density at radius 1 is 1.19 bits per heavy atom. The number of guanidine groups is 1. The quantitative estimate of drug-likeness (QED) is 0.585. The normalized spacial score (nSPS) is 25.6. The summed E-state index contributed by atoms with van der Waals surface area (Å²) in [5, 5.41) is 3.71. The van der Waals surface area contributed by atoms with Crippen LogP contribution in [-0.4, -0.2) is 86.3 Å². The molecule has 3 fully saturated rings. The third kappa shape index (κ3) is 5.52. The number of nitrogens with zero attached hydrogens (tertiary/aromatic N) is 3. The maximum absolute atomic E-state index is 5.20. The Balaban J connectivity index is 1.43. The van der Waals surface area contributed by atoms with Gasteiger partial charge in [-0.2, -0.15) is 11.8 Å². The molecule has 0 atom stereocenters. The molecule has 0 bridgehead atoms. The third-order valence-electron chi connectivity index (χ3n) is 6.39. The minimum atomic E-state index is 0.501. The average molecular weight is 383 g/mol. The van der Waals surface area contributed by atoms with Crippen LogP contribution in [0, 0.1) is 5.92 Å².